The van der Waals surface area contributed by atoms with Crippen molar-refractivity contribution in [2.75, 3.05) is 23.4 Å². The zero-order chi connectivity index (χ0) is 14.9. The molecule has 0 unspecified atom stereocenters. The molecule has 3 nitrogen and oxygen atoms in total. The van der Waals surface area contributed by atoms with Gasteiger partial charge in [-0.25, -0.2) is 4.39 Å². The van der Waals surface area contributed by atoms with Gasteiger partial charge in [0.2, 0.25) is 0 Å². The molecule has 0 heterocycles. The number of hydrogen-bond acceptors (Lipinski definition) is 3. The molecule has 0 aromatic heterocycles. The van der Waals surface area contributed by atoms with Gasteiger partial charge in [0.25, 0.3) is 0 Å². The summed E-state index contributed by atoms with van der Waals surface area (Å²) in [6, 6.07) is 9.23. The predicted octanol–water partition coefficient (Wildman–Crippen LogP) is 4.04. The summed E-state index contributed by atoms with van der Waals surface area (Å²) >= 11 is 9.21. The smallest absolute Gasteiger partial charge is 0.169 e. The molecule has 2 aromatic rings. The average molecular weight is 359 g/mol. The number of halogens is 3. The van der Waals surface area contributed by atoms with Gasteiger partial charge in [-0.05, 0) is 23.8 Å². The first-order valence-corrected chi connectivity index (χ1v) is 7.05. The Hall–Kier alpha value is -1.46. The fourth-order valence-electron chi connectivity index (χ4n) is 1.99. The molecule has 2 aromatic carbocycles. The second-order valence-electron chi connectivity index (χ2n) is 4.51. The molecule has 106 valence electrons. The van der Waals surface area contributed by atoms with Crippen molar-refractivity contribution < 1.29 is 4.39 Å². The van der Waals surface area contributed by atoms with Crippen LogP contribution >= 0.6 is 27.5 Å². The van der Waals surface area contributed by atoms with Crippen LogP contribution in [0.4, 0.5) is 21.5 Å². The molecule has 0 aliphatic carbocycles. The van der Waals surface area contributed by atoms with E-state index in [1.165, 1.54) is 6.07 Å². The van der Waals surface area contributed by atoms with Crippen molar-refractivity contribution in [3.05, 3.63) is 51.2 Å². The highest BCUT2D eigenvalue weighted by molar-refractivity contribution is 9.10. The van der Waals surface area contributed by atoms with E-state index < -0.39 is 5.82 Å². The molecule has 0 saturated heterocycles. The van der Waals surface area contributed by atoms with Crippen LogP contribution in [0.15, 0.2) is 34.8 Å². The second kappa shape index (κ2) is 5.89. The number of nitrogen functional groups attached to an aromatic ring is 2. The van der Waals surface area contributed by atoms with Gasteiger partial charge in [0.15, 0.2) is 5.82 Å². The van der Waals surface area contributed by atoms with Crippen LogP contribution in [0.5, 0.6) is 0 Å². The molecule has 0 amide bonds. The van der Waals surface area contributed by atoms with Crippen LogP contribution in [-0.2, 0) is 6.54 Å². The van der Waals surface area contributed by atoms with E-state index in [1.807, 2.05) is 24.3 Å². The molecule has 0 fully saturated rings. The highest BCUT2D eigenvalue weighted by Gasteiger charge is 2.17. The number of benzene rings is 2. The van der Waals surface area contributed by atoms with Crippen molar-refractivity contribution in [1.29, 1.82) is 0 Å². The van der Waals surface area contributed by atoms with Crippen LogP contribution < -0.4 is 16.4 Å². The molecule has 20 heavy (non-hydrogen) atoms. The maximum absolute atomic E-state index is 14.2. The van der Waals surface area contributed by atoms with Gasteiger partial charge in [-0.15, -0.1) is 0 Å². The maximum atomic E-state index is 14.2. The normalized spacial score (nSPS) is 10.6. The minimum atomic E-state index is -0.594. The SMILES string of the molecule is CN(Cc1ccc(Br)cc1)c1c(N)cc(N)c(Cl)c1F. The van der Waals surface area contributed by atoms with E-state index in [4.69, 9.17) is 23.1 Å². The Morgan fingerprint density at radius 1 is 1.20 bits per heavy atom. The van der Waals surface area contributed by atoms with Crippen molar-refractivity contribution in [3.63, 3.8) is 0 Å². The van der Waals surface area contributed by atoms with Crippen LogP contribution in [0.3, 0.4) is 0 Å². The first-order chi connectivity index (χ1) is 9.40. The summed E-state index contributed by atoms with van der Waals surface area (Å²) in [5.41, 5.74) is 13.1. The minimum absolute atomic E-state index is 0.100. The zero-order valence-corrected chi connectivity index (χ0v) is 13.2. The number of rotatable bonds is 3. The van der Waals surface area contributed by atoms with Gasteiger partial charge >= 0.3 is 0 Å². The van der Waals surface area contributed by atoms with E-state index in [1.54, 1.807) is 11.9 Å². The highest BCUT2D eigenvalue weighted by atomic mass is 79.9. The molecule has 0 bridgehead atoms. The monoisotopic (exact) mass is 357 g/mol. The predicted molar refractivity (Wildman–Crippen MR) is 86.5 cm³/mol. The van der Waals surface area contributed by atoms with Gasteiger partial charge in [0.1, 0.15) is 5.02 Å². The molecule has 2 rings (SSSR count). The van der Waals surface area contributed by atoms with Gasteiger partial charge in [-0.2, -0.15) is 0 Å². The van der Waals surface area contributed by atoms with E-state index in [-0.39, 0.29) is 22.1 Å². The molecular formula is C14H14BrClFN3. The van der Waals surface area contributed by atoms with Crippen LogP contribution in [0, 0.1) is 5.82 Å². The summed E-state index contributed by atoms with van der Waals surface area (Å²) in [4.78, 5) is 1.71. The third-order valence-corrected chi connectivity index (χ3v) is 3.87. The maximum Gasteiger partial charge on any atom is 0.169 e. The molecule has 0 radical (unpaired) electrons. The van der Waals surface area contributed by atoms with Crippen LogP contribution in [0.1, 0.15) is 5.56 Å². The Morgan fingerprint density at radius 2 is 1.80 bits per heavy atom. The van der Waals surface area contributed by atoms with Crippen molar-refractivity contribution >= 4 is 44.6 Å². The molecule has 0 spiro atoms. The van der Waals surface area contributed by atoms with E-state index in [0.29, 0.717) is 6.54 Å². The molecule has 0 saturated carbocycles. The minimum Gasteiger partial charge on any atom is -0.397 e. The van der Waals surface area contributed by atoms with Gasteiger partial charge in [-0.1, -0.05) is 39.7 Å². The lowest BCUT2D eigenvalue weighted by Crippen LogP contribution is -2.19. The Labute approximate surface area is 130 Å². The summed E-state index contributed by atoms with van der Waals surface area (Å²) < 4.78 is 15.2. The Bertz CT molecular complexity index is 631. The quantitative estimate of drug-likeness (QED) is 0.814. The van der Waals surface area contributed by atoms with Crippen LogP contribution in [-0.4, -0.2) is 7.05 Å². The third-order valence-electron chi connectivity index (χ3n) is 2.95. The van der Waals surface area contributed by atoms with Crippen LogP contribution in [0.25, 0.3) is 0 Å². The van der Waals surface area contributed by atoms with Gasteiger partial charge in [0, 0.05) is 18.1 Å². The van der Waals surface area contributed by atoms with Gasteiger partial charge in [0.05, 0.1) is 17.1 Å². The van der Waals surface area contributed by atoms with Crippen molar-refractivity contribution in [2.45, 2.75) is 6.54 Å². The standard InChI is InChI=1S/C14H14BrClFN3/c1-20(7-8-2-4-9(15)5-3-8)14-11(19)6-10(18)12(16)13(14)17/h2-6H,7,18-19H2,1H3. The molecule has 4 N–H and O–H groups in total. The summed E-state index contributed by atoms with van der Waals surface area (Å²) in [7, 11) is 1.75. The molecule has 6 heteroatoms. The van der Waals surface area contributed by atoms with Crippen molar-refractivity contribution in [3.8, 4) is 0 Å². The molecular weight excluding hydrogens is 345 g/mol. The first-order valence-electron chi connectivity index (χ1n) is 5.88. The fraction of sp³-hybridized carbons (Fsp3) is 0.143. The van der Waals surface area contributed by atoms with Gasteiger partial charge < -0.3 is 16.4 Å². The lowest BCUT2D eigenvalue weighted by atomic mass is 10.1. The number of anilines is 3. The molecule has 0 aliphatic rings. The van der Waals surface area contributed by atoms with E-state index >= 15 is 0 Å². The van der Waals surface area contributed by atoms with Crippen molar-refractivity contribution in [1.82, 2.24) is 0 Å². The Morgan fingerprint density at radius 3 is 2.40 bits per heavy atom. The van der Waals surface area contributed by atoms with Crippen LogP contribution in [0.2, 0.25) is 5.02 Å². The van der Waals surface area contributed by atoms with E-state index in [0.717, 1.165) is 10.0 Å². The highest BCUT2D eigenvalue weighted by Crippen LogP contribution is 2.36. The third kappa shape index (κ3) is 2.99. The lowest BCUT2D eigenvalue weighted by molar-refractivity contribution is 0.624. The average Bonchev–Trinajstić information content (AvgIpc) is 2.39. The summed E-state index contributed by atoms with van der Waals surface area (Å²) in [5, 5.41) is -0.100. The summed E-state index contributed by atoms with van der Waals surface area (Å²) in [5.74, 6) is -0.594. The van der Waals surface area contributed by atoms with E-state index in [2.05, 4.69) is 15.9 Å². The number of nitrogens with two attached hydrogens (primary N) is 2. The zero-order valence-electron chi connectivity index (χ0n) is 10.8. The van der Waals surface area contributed by atoms with Gasteiger partial charge in [-0.3, -0.25) is 0 Å². The van der Waals surface area contributed by atoms with E-state index in [9.17, 15) is 4.39 Å². The summed E-state index contributed by atoms with van der Waals surface area (Å²) in [6.07, 6.45) is 0. The Kier molecular flexibility index (Phi) is 4.40. The fourth-order valence-corrected chi connectivity index (χ4v) is 2.40. The number of nitrogens with zero attached hydrogens (tertiary/aromatic N) is 1. The largest absolute Gasteiger partial charge is 0.397 e. The molecule has 0 atom stereocenters. The molecule has 0 aliphatic heterocycles. The number of hydrogen-bond donors (Lipinski definition) is 2. The Balaban J connectivity index is 2.32. The lowest BCUT2D eigenvalue weighted by Gasteiger charge is -2.23. The summed E-state index contributed by atoms with van der Waals surface area (Å²) in [6.45, 7) is 0.509. The van der Waals surface area contributed by atoms with Crippen molar-refractivity contribution in [2.24, 2.45) is 0 Å². The first kappa shape index (κ1) is 14.9. The topological polar surface area (TPSA) is 55.3 Å². The second-order valence-corrected chi connectivity index (χ2v) is 5.81.